The molecule has 4 saturated carbocycles. The molecule has 2 aromatic rings. The van der Waals surface area contributed by atoms with Crippen molar-refractivity contribution < 1.29 is 24.2 Å². The van der Waals surface area contributed by atoms with Crippen molar-refractivity contribution in [1.82, 2.24) is 19.2 Å². The molecule has 10 nitrogen and oxygen atoms in total. The first-order chi connectivity index (χ1) is 27.4. The van der Waals surface area contributed by atoms with Gasteiger partial charge in [-0.3, -0.25) is 23.9 Å². The topological polar surface area (TPSA) is 124 Å². The summed E-state index contributed by atoms with van der Waals surface area (Å²) < 4.78 is 10.1. The molecule has 11 heteroatoms. The number of nitrogens with zero attached hydrogens (tertiary/aromatic N) is 4. The molecule has 8 atom stereocenters. The highest BCUT2D eigenvalue weighted by Crippen LogP contribution is 2.77. The fraction of sp³-hybridized carbons (Fsp3) is 0.729. The Morgan fingerprint density at radius 3 is 2.29 bits per heavy atom. The number of carbonyl (C=O) groups is 3. The van der Waals surface area contributed by atoms with Crippen molar-refractivity contribution in [1.29, 1.82) is 0 Å². The van der Waals surface area contributed by atoms with Gasteiger partial charge < -0.3 is 14.7 Å². The van der Waals surface area contributed by atoms with Gasteiger partial charge in [-0.05, 0) is 149 Å². The predicted octanol–water partition coefficient (Wildman–Crippen LogP) is 9.20. The molecule has 59 heavy (non-hydrogen) atoms. The van der Waals surface area contributed by atoms with Crippen LogP contribution < -0.4 is 5.56 Å². The van der Waals surface area contributed by atoms with Gasteiger partial charge in [-0.1, -0.05) is 60.1 Å². The number of ketones is 1. The van der Waals surface area contributed by atoms with Gasteiger partial charge in [-0.25, -0.2) is 4.98 Å². The lowest BCUT2D eigenvalue weighted by molar-refractivity contribution is -0.232. The molecule has 2 aromatic heterocycles. The second-order valence-electron chi connectivity index (χ2n) is 21.8. The third-order valence-corrected chi connectivity index (χ3v) is 17.5. The molecule has 2 heterocycles. The average Bonchev–Trinajstić information content (AvgIpc) is 3.58. The zero-order chi connectivity index (χ0) is 43.4. The number of hydrogen-bond acceptors (Lipinski definition) is 7. The van der Waals surface area contributed by atoms with E-state index in [2.05, 4.69) is 63.0 Å². The van der Waals surface area contributed by atoms with Gasteiger partial charge in [0.05, 0.1) is 29.1 Å². The van der Waals surface area contributed by atoms with Crippen molar-refractivity contribution in [3.63, 3.8) is 0 Å². The van der Waals surface area contributed by atoms with E-state index in [1.807, 2.05) is 27.1 Å². The Labute approximate surface area is 356 Å². The molecular weight excluding hydrogens is 764 g/mol. The summed E-state index contributed by atoms with van der Waals surface area (Å²) in [6.45, 7) is 22.9. The van der Waals surface area contributed by atoms with E-state index in [9.17, 15) is 24.3 Å². The minimum Gasteiger partial charge on any atom is -0.481 e. The number of carbonyl (C=O) groups excluding carboxylic acids is 2. The number of allylic oxidation sites excluding steroid dienone is 2. The molecule has 5 aliphatic rings. The summed E-state index contributed by atoms with van der Waals surface area (Å²) in [6.07, 6.45) is 9.15. The van der Waals surface area contributed by atoms with Crippen LogP contribution in [0.1, 0.15) is 138 Å². The lowest BCUT2D eigenvalue weighted by Gasteiger charge is -2.72. The number of likely N-dealkylation sites (N-methyl/N-ethyl adjacent to an activating group) is 1. The molecule has 0 radical (unpaired) electrons. The summed E-state index contributed by atoms with van der Waals surface area (Å²) in [5.74, 6) is 0.359. The smallest absolute Gasteiger partial charge is 0.309 e. The van der Waals surface area contributed by atoms with Crippen LogP contribution in [0.2, 0.25) is 5.02 Å². The fourth-order valence-corrected chi connectivity index (χ4v) is 14.3. The zero-order valence-electron chi connectivity index (χ0n) is 37.8. The molecule has 0 amide bonds. The number of hydrogen-bond donors (Lipinski definition) is 1. The Morgan fingerprint density at radius 1 is 0.983 bits per heavy atom. The number of pyridine rings is 1. The average molecular weight is 834 g/mol. The number of Topliss-reactive ketones (excluding diaryl/α,β-unsaturated/α-hetero) is 1. The Hall–Kier alpha value is -3.24. The third-order valence-electron chi connectivity index (χ3n) is 17.3. The van der Waals surface area contributed by atoms with E-state index >= 15 is 0 Å². The summed E-state index contributed by atoms with van der Waals surface area (Å²) in [7, 11) is 4.09. The van der Waals surface area contributed by atoms with Crippen LogP contribution in [0.5, 0.6) is 0 Å². The number of ether oxygens (including phenoxy) is 1. The molecule has 7 rings (SSSR count). The maximum atomic E-state index is 14.7. The maximum absolute atomic E-state index is 14.7. The van der Waals surface area contributed by atoms with Crippen LogP contribution in [0.3, 0.4) is 0 Å². The summed E-state index contributed by atoms with van der Waals surface area (Å²) in [4.78, 5) is 61.0. The normalized spacial score (nSPS) is 34.1. The first kappa shape index (κ1) is 43.8. The number of fused-ring (bicyclic) bond motifs is 7. The molecule has 1 N–H and O–H groups in total. The minimum atomic E-state index is -1.18. The molecule has 0 aliphatic heterocycles. The maximum Gasteiger partial charge on any atom is 0.309 e. The second kappa shape index (κ2) is 14.7. The van der Waals surface area contributed by atoms with Crippen LogP contribution in [-0.4, -0.2) is 68.8 Å². The highest BCUT2D eigenvalue weighted by molar-refractivity contribution is 6.30. The Bertz CT molecular complexity index is 2130. The van der Waals surface area contributed by atoms with E-state index in [-0.39, 0.29) is 57.4 Å². The number of rotatable bonds is 10. The van der Waals surface area contributed by atoms with Crippen molar-refractivity contribution >= 4 is 29.3 Å². The van der Waals surface area contributed by atoms with Gasteiger partial charge in [-0.2, -0.15) is 4.68 Å². The minimum absolute atomic E-state index is 0.00203. The molecule has 0 spiro atoms. The van der Waals surface area contributed by atoms with Crippen molar-refractivity contribution in [2.45, 2.75) is 152 Å². The first-order valence-electron chi connectivity index (χ1n) is 22.2. The molecule has 4 fully saturated rings. The first-order valence-corrected chi connectivity index (χ1v) is 22.6. The number of halogens is 1. The van der Waals surface area contributed by atoms with Gasteiger partial charge in [0.1, 0.15) is 6.10 Å². The van der Waals surface area contributed by atoms with Crippen LogP contribution >= 0.6 is 11.6 Å². The molecule has 5 aliphatic carbocycles. The lowest BCUT2D eigenvalue weighted by atomic mass is 9.33. The number of aromatic nitrogens is 3. The van der Waals surface area contributed by atoms with Crippen molar-refractivity contribution in [2.24, 2.45) is 50.7 Å². The summed E-state index contributed by atoms with van der Waals surface area (Å²) >= 11 is 6.28. The Morgan fingerprint density at radius 2 is 1.68 bits per heavy atom. The molecule has 0 saturated heterocycles. The van der Waals surface area contributed by atoms with E-state index in [4.69, 9.17) is 16.3 Å². The summed E-state index contributed by atoms with van der Waals surface area (Å²) in [6, 6.07) is 3.58. The standard InChI is InChI=1S/C48H69ClN4O6/c1-28(2)38-32(54)25-48(40-29(3)41(56)53(52(40)24-23-51(11)12)36-16-13-30(49)27-50-36)22-21-46(9)31(39(38)48)14-15-34-45(8)19-18-35(59-37(55)26-43(4,5)42(57)58)44(6,7)33(45)17-20-47(34,46)10/h13,16,27-28,31,33-35H,14-15,17-26H2,1-12H3,(H,57,58)/t31?,33?,34?,35?,45?,46-,47?,48?/m1/s1. The fourth-order valence-electron chi connectivity index (χ4n) is 14.2. The largest absolute Gasteiger partial charge is 0.481 e. The van der Waals surface area contributed by atoms with E-state index in [1.54, 1.807) is 30.8 Å². The van der Waals surface area contributed by atoms with E-state index < -0.39 is 22.8 Å². The van der Waals surface area contributed by atoms with Gasteiger partial charge in [0, 0.05) is 35.6 Å². The van der Waals surface area contributed by atoms with Crippen molar-refractivity contribution in [3.05, 3.63) is 56.1 Å². The van der Waals surface area contributed by atoms with Crippen LogP contribution in [0, 0.1) is 57.7 Å². The predicted molar refractivity (Wildman–Crippen MR) is 231 cm³/mol. The number of carboxylic acid groups (broad SMARTS) is 1. The van der Waals surface area contributed by atoms with Crippen LogP contribution in [-0.2, 0) is 31.1 Å². The van der Waals surface area contributed by atoms with Crippen molar-refractivity contribution in [3.8, 4) is 5.82 Å². The van der Waals surface area contributed by atoms with Gasteiger partial charge >= 0.3 is 11.9 Å². The van der Waals surface area contributed by atoms with Crippen molar-refractivity contribution in [2.75, 3.05) is 20.6 Å². The molecule has 324 valence electrons. The molecule has 7 unspecified atom stereocenters. The number of esters is 1. The Balaban J connectivity index is 1.29. The van der Waals surface area contributed by atoms with Gasteiger partial charge in [-0.15, -0.1) is 0 Å². The molecular formula is C48H69ClN4O6. The quantitative estimate of drug-likeness (QED) is 0.235. The molecule has 0 aromatic carbocycles. The van der Waals surface area contributed by atoms with E-state index in [0.29, 0.717) is 47.8 Å². The summed E-state index contributed by atoms with van der Waals surface area (Å²) in [5.41, 5.74) is 1.76. The second-order valence-corrected chi connectivity index (χ2v) is 22.3. The van der Waals surface area contributed by atoms with Gasteiger partial charge in [0.15, 0.2) is 11.6 Å². The van der Waals surface area contributed by atoms with E-state index in [1.165, 1.54) is 5.57 Å². The van der Waals surface area contributed by atoms with Crippen LogP contribution in [0.15, 0.2) is 34.3 Å². The SMILES string of the molecule is Cc1c(C23CC[C@]4(C)C(CCC5C6(C)CCC(OC(=O)CC(C)(C)C(=O)O)C(C)(C)C6CCC54C)C2=C(C(C)C)C(=O)C3)n(CCN(C)C)n(-c2ccc(Cl)cn2)c1=O. The highest BCUT2D eigenvalue weighted by Gasteiger charge is 2.71. The number of aliphatic carboxylic acids is 1. The number of carboxylic acids is 1. The zero-order valence-corrected chi connectivity index (χ0v) is 38.5. The van der Waals surface area contributed by atoms with Crippen LogP contribution in [0.25, 0.3) is 5.82 Å². The lowest BCUT2D eigenvalue weighted by Crippen LogP contribution is -2.66. The Kier molecular flexibility index (Phi) is 10.9. The molecule has 0 bridgehead atoms. The monoisotopic (exact) mass is 832 g/mol. The third kappa shape index (κ3) is 6.53. The van der Waals surface area contributed by atoms with Crippen LogP contribution in [0.4, 0.5) is 0 Å². The highest BCUT2D eigenvalue weighted by atomic mass is 35.5. The summed E-state index contributed by atoms with van der Waals surface area (Å²) in [5, 5.41) is 10.2. The van der Waals surface area contributed by atoms with Gasteiger partial charge in [0.2, 0.25) is 0 Å². The van der Waals surface area contributed by atoms with E-state index in [0.717, 1.165) is 62.6 Å². The van der Waals surface area contributed by atoms with Gasteiger partial charge in [0.25, 0.3) is 5.56 Å².